The van der Waals surface area contributed by atoms with Crippen LogP contribution in [0, 0.1) is 13.8 Å². The van der Waals surface area contributed by atoms with Crippen molar-refractivity contribution in [2.75, 3.05) is 13.2 Å². The summed E-state index contributed by atoms with van der Waals surface area (Å²) in [5.74, 6) is 1.01. The molecule has 17 heavy (non-hydrogen) atoms. The predicted octanol–water partition coefficient (Wildman–Crippen LogP) is 3.21. The van der Waals surface area contributed by atoms with Gasteiger partial charge in [0.05, 0.1) is 6.61 Å². The molecule has 1 heterocycles. The van der Waals surface area contributed by atoms with E-state index in [9.17, 15) is 0 Å². The summed E-state index contributed by atoms with van der Waals surface area (Å²) in [4.78, 5) is 0. The van der Waals surface area contributed by atoms with E-state index in [1.807, 2.05) is 0 Å². The first-order valence-corrected chi connectivity index (χ1v) is 6.69. The maximum atomic E-state index is 5.77. The van der Waals surface area contributed by atoms with Crippen molar-refractivity contribution in [3.63, 3.8) is 0 Å². The largest absolute Gasteiger partial charge is 0.494 e. The zero-order valence-electron chi connectivity index (χ0n) is 11.0. The lowest BCUT2D eigenvalue weighted by Gasteiger charge is -2.11. The Morgan fingerprint density at radius 3 is 2.88 bits per heavy atom. The molecule has 1 saturated heterocycles. The van der Waals surface area contributed by atoms with Crippen LogP contribution < -0.4 is 10.1 Å². The van der Waals surface area contributed by atoms with Crippen LogP contribution in [0.4, 0.5) is 0 Å². The Labute approximate surface area is 104 Å². The average molecular weight is 233 g/mol. The lowest BCUT2D eigenvalue weighted by Crippen LogP contribution is -2.21. The summed E-state index contributed by atoms with van der Waals surface area (Å²) in [6.07, 6.45) is 5.06. The van der Waals surface area contributed by atoms with Crippen molar-refractivity contribution in [2.45, 2.75) is 45.6 Å². The molecule has 1 aromatic rings. The third kappa shape index (κ3) is 3.74. The van der Waals surface area contributed by atoms with Gasteiger partial charge in [0.1, 0.15) is 5.75 Å². The fourth-order valence-corrected chi connectivity index (χ4v) is 2.33. The van der Waals surface area contributed by atoms with Gasteiger partial charge in [-0.25, -0.2) is 0 Å². The van der Waals surface area contributed by atoms with Crippen molar-refractivity contribution in [1.29, 1.82) is 0 Å². The van der Waals surface area contributed by atoms with Crippen molar-refractivity contribution < 1.29 is 4.74 Å². The highest BCUT2D eigenvalue weighted by Gasteiger charge is 2.12. The van der Waals surface area contributed by atoms with Gasteiger partial charge in [0, 0.05) is 6.04 Å². The Balaban J connectivity index is 1.68. The Kier molecular flexibility index (Phi) is 4.43. The highest BCUT2D eigenvalue weighted by Crippen LogP contribution is 2.17. The van der Waals surface area contributed by atoms with Crippen LogP contribution >= 0.6 is 0 Å². The van der Waals surface area contributed by atoms with Gasteiger partial charge in [0.25, 0.3) is 0 Å². The molecule has 94 valence electrons. The second-order valence-electron chi connectivity index (χ2n) is 5.03. The molecule has 0 aliphatic carbocycles. The monoisotopic (exact) mass is 233 g/mol. The van der Waals surface area contributed by atoms with E-state index in [1.54, 1.807) is 0 Å². The molecule has 1 aliphatic rings. The summed E-state index contributed by atoms with van der Waals surface area (Å²) in [6.45, 7) is 6.29. The molecule has 0 saturated carbocycles. The van der Waals surface area contributed by atoms with Crippen molar-refractivity contribution in [2.24, 2.45) is 0 Å². The van der Waals surface area contributed by atoms with Crippen LogP contribution in [0.2, 0.25) is 0 Å². The van der Waals surface area contributed by atoms with Gasteiger partial charge >= 0.3 is 0 Å². The topological polar surface area (TPSA) is 21.3 Å². The van der Waals surface area contributed by atoms with E-state index in [0.717, 1.165) is 24.8 Å². The second-order valence-corrected chi connectivity index (χ2v) is 5.03. The fraction of sp³-hybridized carbons (Fsp3) is 0.600. The third-order valence-electron chi connectivity index (χ3n) is 3.61. The SMILES string of the molecule is Cc1ccc(OCCCC2CCCN2)cc1C. The minimum atomic E-state index is 0.735. The molecular formula is C15H23NO. The van der Waals surface area contributed by atoms with Crippen molar-refractivity contribution in [3.8, 4) is 5.75 Å². The molecule has 0 bridgehead atoms. The Morgan fingerprint density at radius 2 is 2.18 bits per heavy atom. The normalized spacial score (nSPS) is 19.5. The molecule has 1 atom stereocenters. The molecule has 0 amide bonds. The molecule has 1 aromatic carbocycles. The van der Waals surface area contributed by atoms with Crippen LogP contribution in [0.25, 0.3) is 0 Å². The van der Waals surface area contributed by atoms with Crippen LogP contribution in [0.15, 0.2) is 18.2 Å². The first-order chi connectivity index (χ1) is 8.25. The minimum Gasteiger partial charge on any atom is -0.494 e. The van der Waals surface area contributed by atoms with Gasteiger partial charge in [-0.05, 0) is 69.3 Å². The zero-order valence-corrected chi connectivity index (χ0v) is 11.0. The summed E-state index contributed by atoms with van der Waals surface area (Å²) >= 11 is 0. The lowest BCUT2D eigenvalue weighted by atomic mass is 10.1. The van der Waals surface area contributed by atoms with E-state index in [2.05, 4.69) is 37.4 Å². The third-order valence-corrected chi connectivity index (χ3v) is 3.61. The molecule has 2 nitrogen and oxygen atoms in total. The molecule has 1 fully saturated rings. The smallest absolute Gasteiger partial charge is 0.119 e. The van der Waals surface area contributed by atoms with Gasteiger partial charge in [0.2, 0.25) is 0 Å². The van der Waals surface area contributed by atoms with Crippen molar-refractivity contribution >= 4 is 0 Å². The van der Waals surface area contributed by atoms with Crippen LogP contribution in [0.5, 0.6) is 5.75 Å². The van der Waals surface area contributed by atoms with Gasteiger partial charge in [-0.1, -0.05) is 6.07 Å². The van der Waals surface area contributed by atoms with Crippen LogP contribution in [0.3, 0.4) is 0 Å². The molecule has 2 rings (SSSR count). The maximum Gasteiger partial charge on any atom is 0.119 e. The summed E-state index contributed by atoms with van der Waals surface area (Å²) in [6, 6.07) is 7.06. The summed E-state index contributed by atoms with van der Waals surface area (Å²) in [5, 5.41) is 3.52. The van der Waals surface area contributed by atoms with Crippen molar-refractivity contribution in [1.82, 2.24) is 5.32 Å². The quantitative estimate of drug-likeness (QED) is 0.788. The predicted molar refractivity (Wildman–Crippen MR) is 71.7 cm³/mol. The van der Waals surface area contributed by atoms with Gasteiger partial charge in [-0.3, -0.25) is 0 Å². The second kappa shape index (κ2) is 6.06. The van der Waals surface area contributed by atoms with Gasteiger partial charge < -0.3 is 10.1 Å². The number of aryl methyl sites for hydroxylation is 2. The van der Waals surface area contributed by atoms with E-state index in [1.165, 1.54) is 36.9 Å². The molecule has 0 aromatic heterocycles. The molecule has 1 N–H and O–H groups in total. The molecular weight excluding hydrogens is 210 g/mol. The Bertz CT molecular complexity index is 356. The number of nitrogens with one attached hydrogen (secondary N) is 1. The van der Waals surface area contributed by atoms with E-state index >= 15 is 0 Å². The number of rotatable bonds is 5. The highest BCUT2D eigenvalue weighted by molar-refractivity contribution is 5.33. The van der Waals surface area contributed by atoms with E-state index < -0.39 is 0 Å². The first kappa shape index (κ1) is 12.4. The number of hydrogen-bond acceptors (Lipinski definition) is 2. The van der Waals surface area contributed by atoms with E-state index in [4.69, 9.17) is 4.74 Å². The highest BCUT2D eigenvalue weighted by atomic mass is 16.5. The molecule has 1 unspecified atom stereocenters. The van der Waals surface area contributed by atoms with Gasteiger partial charge in [-0.15, -0.1) is 0 Å². The first-order valence-electron chi connectivity index (χ1n) is 6.69. The van der Waals surface area contributed by atoms with E-state index in [-0.39, 0.29) is 0 Å². The van der Waals surface area contributed by atoms with Crippen LogP contribution in [-0.4, -0.2) is 19.2 Å². The van der Waals surface area contributed by atoms with Crippen LogP contribution in [0.1, 0.15) is 36.8 Å². The summed E-state index contributed by atoms with van der Waals surface area (Å²) in [5.41, 5.74) is 2.63. The van der Waals surface area contributed by atoms with Crippen LogP contribution in [-0.2, 0) is 0 Å². The number of ether oxygens (including phenoxy) is 1. The molecule has 2 heteroatoms. The Hall–Kier alpha value is -1.02. The van der Waals surface area contributed by atoms with Gasteiger partial charge in [-0.2, -0.15) is 0 Å². The number of benzene rings is 1. The van der Waals surface area contributed by atoms with E-state index in [0.29, 0.717) is 0 Å². The zero-order chi connectivity index (χ0) is 12.1. The average Bonchev–Trinajstić information content (AvgIpc) is 2.82. The lowest BCUT2D eigenvalue weighted by molar-refractivity contribution is 0.298. The maximum absolute atomic E-state index is 5.77. The summed E-state index contributed by atoms with van der Waals surface area (Å²) < 4.78 is 5.77. The molecule has 0 radical (unpaired) electrons. The molecule has 0 spiro atoms. The fourth-order valence-electron chi connectivity index (χ4n) is 2.33. The minimum absolute atomic E-state index is 0.735. The Morgan fingerprint density at radius 1 is 1.29 bits per heavy atom. The van der Waals surface area contributed by atoms with Crippen molar-refractivity contribution in [3.05, 3.63) is 29.3 Å². The summed E-state index contributed by atoms with van der Waals surface area (Å²) in [7, 11) is 0. The number of hydrogen-bond donors (Lipinski definition) is 1. The molecule has 1 aliphatic heterocycles. The standard InChI is InChI=1S/C15H23NO/c1-12-7-8-15(11-13(12)2)17-10-4-6-14-5-3-9-16-14/h7-8,11,14,16H,3-6,9-10H2,1-2H3. The van der Waals surface area contributed by atoms with Gasteiger partial charge in [0.15, 0.2) is 0 Å².